The fourth-order valence-corrected chi connectivity index (χ4v) is 5.20. The summed E-state index contributed by atoms with van der Waals surface area (Å²) in [5, 5.41) is 0. The van der Waals surface area contributed by atoms with Gasteiger partial charge >= 0.3 is 101 Å². The van der Waals surface area contributed by atoms with Gasteiger partial charge in [0.1, 0.15) is 0 Å². The van der Waals surface area contributed by atoms with Gasteiger partial charge in [0.05, 0.1) is 0 Å². The van der Waals surface area contributed by atoms with E-state index in [1.807, 2.05) is 0 Å². The molecule has 0 N–H and O–H groups in total. The number of nitrogens with zero attached hydrogens (tertiary/aromatic N) is 2. The van der Waals surface area contributed by atoms with E-state index in [-0.39, 0.29) is 0 Å². The molecular weight excluding hydrogens is 199 g/mol. The molecular formula is C12H24AlN2+. The van der Waals surface area contributed by atoms with Crippen molar-refractivity contribution in [3.63, 3.8) is 0 Å². The Hall–Kier alpha value is 0.452. The van der Waals surface area contributed by atoms with Crippen LogP contribution in [0.1, 0.15) is 38.5 Å². The molecule has 0 spiro atoms. The van der Waals surface area contributed by atoms with Crippen molar-refractivity contribution in [1.29, 1.82) is 0 Å². The van der Waals surface area contributed by atoms with Gasteiger partial charge in [-0.3, -0.25) is 0 Å². The molecule has 2 saturated heterocycles. The van der Waals surface area contributed by atoms with E-state index in [0.717, 1.165) is 9.81 Å². The van der Waals surface area contributed by atoms with E-state index in [4.69, 9.17) is 0 Å². The van der Waals surface area contributed by atoms with Crippen LogP contribution in [0.5, 0.6) is 0 Å². The molecule has 2 heterocycles. The van der Waals surface area contributed by atoms with Crippen LogP contribution in [-0.2, 0) is 0 Å². The molecule has 0 saturated carbocycles. The molecule has 0 bridgehead atoms. The van der Waals surface area contributed by atoms with Gasteiger partial charge in [-0.15, -0.1) is 0 Å². The molecule has 0 aliphatic carbocycles. The fraction of sp³-hybridized carbons (Fsp3) is 1.00. The average molecular weight is 223 g/mol. The third-order valence-corrected chi connectivity index (χ3v) is 6.67. The van der Waals surface area contributed by atoms with Gasteiger partial charge < -0.3 is 0 Å². The first-order chi connectivity index (χ1) is 7.27. The zero-order valence-corrected chi connectivity index (χ0v) is 11.4. The van der Waals surface area contributed by atoms with E-state index in [1.165, 1.54) is 51.6 Å². The third kappa shape index (κ3) is 3.20. The predicted octanol–water partition coefficient (Wildman–Crippen LogP) is 1.57. The molecule has 2 rings (SSSR count). The van der Waals surface area contributed by atoms with Gasteiger partial charge in [0.15, 0.2) is 0 Å². The van der Waals surface area contributed by atoms with Gasteiger partial charge in [-0.2, -0.15) is 0 Å². The predicted molar refractivity (Wildman–Crippen MR) is 66.3 cm³/mol. The van der Waals surface area contributed by atoms with Crippen LogP contribution in [0, 0.1) is 0 Å². The van der Waals surface area contributed by atoms with Crippen molar-refractivity contribution in [1.82, 2.24) is 9.80 Å². The molecule has 2 aliphatic rings. The number of likely N-dealkylation sites (tertiary alicyclic amines) is 2. The quantitative estimate of drug-likeness (QED) is 0.656. The first-order valence-corrected chi connectivity index (χ1v) is 7.86. The number of piperidine rings is 2. The maximum atomic E-state index is 2.63. The molecule has 2 nitrogen and oxygen atoms in total. The van der Waals surface area contributed by atoms with Crippen LogP contribution in [0.4, 0.5) is 0 Å². The second-order valence-corrected chi connectivity index (χ2v) is 7.20. The van der Waals surface area contributed by atoms with Crippen molar-refractivity contribution in [2.24, 2.45) is 0 Å². The fourth-order valence-electron chi connectivity index (χ4n) is 2.94. The Morgan fingerprint density at radius 2 is 1.27 bits per heavy atom. The zero-order chi connectivity index (χ0) is 10.7. The molecule has 2 atom stereocenters. The van der Waals surface area contributed by atoms with Crippen molar-refractivity contribution >= 4 is 15.2 Å². The molecule has 0 radical (unpaired) electrons. The first-order valence-electron chi connectivity index (χ1n) is 6.53. The van der Waals surface area contributed by atoms with E-state index in [1.54, 1.807) is 0 Å². The van der Waals surface area contributed by atoms with Crippen LogP contribution in [0.2, 0.25) is 0 Å². The van der Waals surface area contributed by atoms with Gasteiger partial charge in [-0.05, 0) is 0 Å². The average Bonchev–Trinajstić information content (AvgIpc) is 2.24. The van der Waals surface area contributed by atoms with Crippen LogP contribution in [-0.4, -0.2) is 62.0 Å². The molecule has 84 valence electrons. The summed E-state index contributed by atoms with van der Waals surface area (Å²) >= 11 is 0.610. The second kappa shape index (κ2) is 5.68. The molecule has 0 aromatic carbocycles. The van der Waals surface area contributed by atoms with E-state index in [2.05, 4.69) is 23.9 Å². The van der Waals surface area contributed by atoms with Gasteiger partial charge in [0.2, 0.25) is 0 Å². The minimum absolute atomic E-state index is 0.610. The van der Waals surface area contributed by atoms with E-state index in [0.29, 0.717) is 15.2 Å². The van der Waals surface area contributed by atoms with Gasteiger partial charge in [0.25, 0.3) is 0 Å². The second-order valence-electron chi connectivity index (χ2n) is 5.28. The Labute approximate surface area is 101 Å². The van der Waals surface area contributed by atoms with Gasteiger partial charge in [-0.1, -0.05) is 0 Å². The summed E-state index contributed by atoms with van der Waals surface area (Å²) in [4.78, 5) is 7.15. The summed E-state index contributed by atoms with van der Waals surface area (Å²) in [7, 11) is 4.67. The van der Waals surface area contributed by atoms with E-state index in [9.17, 15) is 0 Å². The summed E-state index contributed by atoms with van der Waals surface area (Å²) in [5.41, 5.74) is 0. The summed E-state index contributed by atoms with van der Waals surface area (Å²) in [5.74, 6) is 0. The summed E-state index contributed by atoms with van der Waals surface area (Å²) < 4.78 is 0. The Kier molecular flexibility index (Phi) is 4.52. The van der Waals surface area contributed by atoms with E-state index < -0.39 is 0 Å². The summed E-state index contributed by atoms with van der Waals surface area (Å²) in [6, 6.07) is 0. The standard InChI is InChI=1S/2C6H12N.Al/c2*1-7-5-3-2-4-6-7;/h2*5H,2-4,6H2,1H3;/q;;+1. The topological polar surface area (TPSA) is 6.48 Å². The number of hydrogen-bond acceptors (Lipinski definition) is 2. The van der Waals surface area contributed by atoms with Crippen molar-refractivity contribution < 1.29 is 0 Å². The van der Waals surface area contributed by atoms with E-state index >= 15 is 0 Å². The third-order valence-electron chi connectivity index (χ3n) is 4.10. The van der Waals surface area contributed by atoms with Gasteiger partial charge in [-0.25, -0.2) is 0 Å². The summed E-state index contributed by atoms with van der Waals surface area (Å²) in [6.45, 7) is 2.68. The van der Waals surface area contributed by atoms with Crippen LogP contribution in [0.25, 0.3) is 0 Å². The minimum atomic E-state index is 0.610. The van der Waals surface area contributed by atoms with Crippen LogP contribution < -0.4 is 0 Å². The Morgan fingerprint density at radius 1 is 0.800 bits per heavy atom. The van der Waals surface area contributed by atoms with Crippen LogP contribution in [0.15, 0.2) is 0 Å². The molecule has 2 aliphatic heterocycles. The SMILES string of the molecule is CN1CCCC[CH]1[Al+][CH]1CCCCN1C. The van der Waals surface area contributed by atoms with Gasteiger partial charge in [0, 0.05) is 0 Å². The molecule has 2 fully saturated rings. The Balaban J connectivity index is 1.83. The van der Waals surface area contributed by atoms with Crippen molar-refractivity contribution in [2.75, 3.05) is 27.2 Å². The molecule has 3 heteroatoms. The Morgan fingerprint density at radius 3 is 1.67 bits per heavy atom. The molecule has 15 heavy (non-hydrogen) atoms. The molecule has 0 aromatic rings. The number of rotatable bonds is 2. The molecule has 0 amide bonds. The first kappa shape index (κ1) is 11.9. The van der Waals surface area contributed by atoms with Crippen LogP contribution in [0.3, 0.4) is 0 Å². The van der Waals surface area contributed by atoms with Crippen molar-refractivity contribution in [3.8, 4) is 0 Å². The zero-order valence-electron chi connectivity index (χ0n) is 10.3. The van der Waals surface area contributed by atoms with Crippen LogP contribution >= 0.6 is 0 Å². The molecule has 2 unspecified atom stereocenters. The number of hydrogen-bond donors (Lipinski definition) is 0. The molecule has 0 aromatic heterocycles. The van der Waals surface area contributed by atoms with Crippen molar-refractivity contribution in [2.45, 2.75) is 48.3 Å². The maximum absolute atomic E-state index is 2.63. The summed E-state index contributed by atoms with van der Waals surface area (Å²) in [6.07, 6.45) is 8.73. The Bertz CT molecular complexity index is 178. The monoisotopic (exact) mass is 223 g/mol. The normalized spacial score (nSPS) is 35.1. The van der Waals surface area contributed by atoms with Crippen molar-refractivity contribution in [3.05, 3.63) is 0 Å².